The highest BCUT2D eigenvalue weighted by atomic mass is 35.7. The lowest BCUT2D eigenvalue weighted by atomic mass is 10.4. The SMILES string of the molecule is O=S(=O)(Cl)Cc1cnc(Cl)nc1. The van der Waals surface area contributed by atoms with Crippen LogP contribution in [0.3, 0.4) is 0 Å². The topological polar surface area (TPSA) is 59.9 Å². The second kappa shape index (κ2) is 3.55. The predicted octanol–water partition coefficient (Wildman–Crippen LogP) is 1.20. The minimum absolute atomic E-state index is 0.0747. The molecular formula is C5H4Cl2N2O2S. The Balaban J connectivity index is 2.85. The lowest BCUT2D eigenvalue weighted by Gasteiger charge is -1.95. The Morgan fingerprint density at radius 1 is 1.33 bits per heavy atom. The number of hydrogen-bond donors (Lipinski definition) is 0. The third-order valence-corrected chi connectivity index (χ3v) is 2.21. The molecule has 0 spiro atoms. The molecule has 12 heavy (non-hydrogen) atoms. The molecule has 1 heterocycles. The van der Waals surface area contributed by atoms with Crippen molar-refractivity contribution in [2.24, 2.45) is 0 Å². The Labute approximate surface area is 79.0 Å². The van der Waals surface area contributed by atoms with Gasteiger partial charge in [0.25, 0.3) is 0 Å². The van der Waals surface area contributed by atoms with E-state index < -0.39 is 9.05 Å². The van der Waals surface area contributed by atoms with Gasteiger partial charge in [-0.2, -0.15) is 0 Å². The van der Waals surface area contributed by atoms with E-state index in [4.69, 9.17) is 22.3 Å². The van der Waals surface area contributed by atoms with Crippen molar-refractivity contribution < 1.29 is 8.42 Å². The van der Waals surface area contributed by atoms with Crippen LogP contribution >= 0.6 is 22.3 Å². The quantitative estimate of drug-likeness (QED) is 0.562. The predicted molar refractivity (Wildman–Crippen MR) is 45.5 cm³/mol. The van der Waals surface area contributed by atoms with Crippen molar-refractivity contribution in [1.82, 2.24) is 9.97 Å². The van der Waals surface area contributed by atoms with Gasteiger partial charge >= 0.3 is 0 Å². The third kappa shape index (κ3) is 3.34. The average molecular weight is 227 g/mol. The van der Waals surface area contributed by atoms with Gasteiger partial charge in [-0.3, -0.25) is 0 Å². The summed E-state index contributed by atoms with van der Waals surface area (Å²) in [6.45, 7) is 0. The van der Waals surface area contributed by atoms with Gasteiger partial charge in [0.2, 0.25) is 14.3 Å². The van der Waals surface area contributed by atoms with Gasteiger partial charge in [-0.25, -0.2) is 18.4 Å². The lowest BCUT2D eigenvalue weighted by Crippen LogP contribution is -1.96. The zero-order valence-electron chi connectivity index (χ0n) is 5.74. The normalized spacial score (nSPS) is 11.5. The van der Waals surface area contributed by atoms with Crippen LogP contribution in [-0.4, -0.2) is 18.4 Å². The zero-order valence-corrected chi connectivity index (χ0v) is 8.07. The van der Waals surface area contributed by atoms with Gasteiger partial charge in [0.1, 0.15) is 0 Å². The van der Waals surface area contributed by atoms with E-state index in [-0.39, 0.29) is 11.0 Å². The molecule has 0 radical (unpaired) electrons. The summed E-state index contributed by atoms with van der Waals surface area (Å²) in [7, 11) is 1.45. The molecule has 0 saturated heterocycles. The fraction of sp³-hybridized carbons (Fsp3) is 0.200. The van der Waals surface area contributed by atoms with E-state index in [1.165, 1.54) is 12.4 Å². The van der Waals surface area contributed by atoms with E-state index in [2.05, 4.69) is 9.97 Å². The molecule has 66 valence electrons. The van der Waals surface area contributed by atoms with Crippen molar-refractivity contribution in [3.8, 4) is 0 Å². The molecule has 0 amide bonds. The van der Waals surface area contributed by atoms with Crippen LogP contribution < -0.4 is 0 Å². The van der Waals surface area contributed by atoms with E-state index in [0.29, 0.717) is 5.56 Å². The molecule has 0 aromatic carbocycles. The van der Waals surface area contributed by atoms with Crippen LogP contribution in [0.4, 0.5) is 0 Å². The molecule has 0 N–H and O–H groups in total. The molecule has 1 aromatic heterocycles. The van der Waals surface area contributed by atoms with Crippen molar-refractivity contribution in [3.63, 3.8) is 0 Å². The molecule has 0 bridgehead atoms. The Morgan fingerprint density at radius 3 is 2.25 bits per heavy atom. The Bertz CT molecular complexity index is 362. The molecule has 0 aliphatic heterocycles. The van der Waals surface area contributed by atoms with Crippen LogP contribution in [0.25, 0.3) is 0 Å². The minimum Gasteiger partial charge on any atom is -0.226 e. The van der Waals surface area contributed by atoms with Gasteiger partial charge in [0.15, 0.2) is 0 Å². The van der Waals surface area contributed by atoms with Crippen LogP contribution in [0, 0.1) is 0 Å². The summed E-state index contributed by atoms with van der Waals surface area (Å²) in [6, 6.07) is 0. The zero-order chi connectivity index (χ0) is 9.19. The van der Waals surface area contributed by atoms with Crippen molar-refractivity contribution >= 4 is 31.3 Å². The number of rotatable bonds is 2. The Morgan fingerprint density at radius 2 is 1.83 bits per heavy atom. The molecule has 0 atom stereocenters. The highest BCUT2D eigenvalue weighted by Crippen LogP contribution is 2.08. The van der Waals surface area contributed by atoms with Crippen molar-refractivity contribution in [1.29, 1.82) is 0 Å². The number of hydrogen-bond acceptors (Lipinski definition) is 4. The van der Waals surface area contributed by atoms with Crippen LogP contribution in [0.1, 0.15) is 5.56 Å². The van der Waals surface area contributed by atoms with Crippen LogP contribution in [0.5, 0.6) is 0 Å². The van der Waals surface area contributed by atoms with Crippen molar-refractivity contribution in [2.75, 3.05) is 0 Å². The van der Waals surface area contributed by atoms with E-state index in [0.717, 1.165) is 0 Å². The number of aromatic nitrogens is 2. The fourth-order valence-corrected chi connectivity index (χ4v) is 1.64. The number of nitrogens with zero attached hydrogens (tertiary/aromatic N) is 2. The van der Waals surface area contributed by atoms with Gasteiger partial charge in [0.05, 0.1) is 5.75 Å². The van der Waals surface area contributed by atoms with Gasteiger partial charge in [-0.05, 0) is 11.6 Å². The smallest absolute Gasteiger partial charge is 0.226 e. The summed E-state index contributed by atoms with van der Waals surface area (Å²) in [5.41, 5.74) is 0.411. The molecule has 0 aliphatic carbocycles. The van der Waals surface area contributed by atoms with Crippen LogP contribution in [0.15, 0.2) is 12.4 Å². The van der Waals surface area contributed by atoms with Crippen molar-refractivity contribution in [2.45, 2.75) is 5.75 Å². The molecule has 0 saturated carbocycles. The van der Waals surface area contributed by atoms with Crippen LogP contribution in [0.2, 0.25) is 5.28 Å². The summed E-state index contributed by atoms with van der Waals surface area (Å²) < 4.78 is 21.1. The fourth-order valence-electron chi connectivity index (χ4n) is 0.613. The first-order valence-electron chi connectivity index (χ1n) is 2.86. The Hall–Kier alpha value is -0.390. The molecule has 0 unspecified atom stereocenters. The molecule has 7 heteroatoms. The lowest BCUT2D eigenvalue weighted by molar-refractivity contribution is 0.608. The van der Waals surface area contributed by atoms with Gasteiger partial charge < -0.3 is 0 Å². The highest BCUT2D eigenvalue weighted by molar-refractivity contribution is 8.13. The maximum Gasteiger partial charge on any atom is 0.236 e. The van der Waals surface area contributed by atoms with Gasteiger partial charge in [-0.15, -0.1) is 0 Å². The maximum atomic E-state index is 10.6. The van der Waals surface area contributed by atoms with Gasteiger partial charge in [-0.1, -0.05) is 0 Å². The van der Waals surface area contributed by atoms with E-state index in [1.807, 2.05) is 0 Å². The minimum atomic E-state index is -3.54. The molecule has 0 aliphatic rings. The second-order valence-electron chi connectivity index (χ2n) is 2.04. The standard InChI is InChI=1S/C5H4Cl2N2O2S/c6-5-8-1-4(2-9-5)3-12(7,10)11/h1-2H,3H2. The monoisotopic (exact) mass is 226 g/mol. The van der Waals surface area contributed by atoms with E-state index in [9.17, 15) is 8.42 Å². The summed E-state index contributed by atoms with van der Waals surface area (Å²) in [5, 5.41) is 0.0747. The second-order valence-corrected chi connectivity index (χ2v) is 5.16. The summed E-state index contributed by atoms with van der Waals surface area (Å²) in [5.74, 6) is -0.286. The molecule has 1 aromatic rings. The maximum absolute atomic E-state index is 10.6. The first-order chi connectivity index (χ1) is 5.47. The molecule has 1 rings (SSSR count). The molecule has 0 fully saturated rings. The first kappa shape index (κ1) is 9.70. The summed E-state index contributed by atoms with van der Waals surface area (Å²) in [4.78, 5) is 7.19. The molecule has 4 nitrogen and oxygen atoms in total. The largest absolute Gasteiger partial charge is 0.236 e. The Kier molecular flexibility index (Phi) is 2.87. The number of halogens is 2. The summed E-state index contributed by atoms with van der Waals surface area (Å²) in [6.07, 6.45) is 2.63. The van der Waals surface area contributed by atoms with Crippen molar-refractivity contribution in [3.05, 3.63) is 23.2 Å². The van der Waals surface area contributed by atoms with Gasteiger partial charge in [0, 0.05) is 28.6 Å². The molecular weight excluding hydrogens is 223 g/mol. The average Bonchev–Trinajstić information content (AvgIpc) is 1.91. The summed E-state index contributed by atoms with van der Waals surface area (Å²) >= 11 is 5.38. The van der Waals surface area contributed by atoms with E-state index in [1.54, 1.807) is 0 Å². The third-order valence-electron chi connectivity index (χ3n) is 1.01. The van der Waals surface area contributed by atoms with E-state index >= 15 is 0 Å². The highest BCUT2D eigenvalue weighted by Gasteiger charge is 2.07. The van der Waals surface area contributed by atoms with Crippen LogP contribution in [-0.2, 0) is 14.8 Å². The first-order valence-corrected chi connectivity index (χ1v) is 5.72.